The summed E-state index contributed by atoms with van der Waals surface area (Å²) in [7, 11) is 0. The van der Waals surface area contributed by atoms with Gasteiger partial charge in [0.05, 0.1) is 91.5 Å². The smallest absolute Gasteiger partial charge is 0.220 e. The number of aliphatic hydroxyl groups is 2. The molecule has 2 aliphatic heterocycles. The van der Waals surface area contributed by atoms with Crippen LogP contribution in [0.2, 0.25) is 0 Å². The fraction of sp³-hybridized carbons (Fsp3) is 0.889. The summed E-state index contributed by atoms with van der Waals surface area (Å²) in [5.74, 6) is -0.260. The molecule has 15 heteroatoms. The molecule has 2 saturated heterocycles. The van der Waals surface area contributed by atoms with E-state index in [0.29, 0.717) is 91.2 Å². The maximum absolute atomic E-state index is 11.7. The summed E-state index contributed by atoms with van der Waals surface area (Å²) in [5, 5.41) is 31.5. The van der Waals surface area contributed by atoms with Gasteiger partial charge >= 0.3 is 0 Å². The highest BCUT2D eigenvalue weighted by Crippen LogP contribution is 2.39. The van der Waals surface area contributed by atoms with E-state index in [1.165, 1.54) is 0 Å². The van der Waals surface area contributed by atoms with E-state index in [-0.39, 0.29) is 25.0 Å². The lowest BCUT2D eigenvalue weighted by atomic mass is 9.86. The molecule has 15 nitrogen and oxygen atoms in total. The first kappa shape index (κ1) is 34.7. The van der Waals surface area contributed by atoms with E-state index in [4.69, 9.17) is 38.9 Å². The molecule has 42 heavy (non-hydrogen) atoms. The maximum atomic E-state index is 11.7. The Kier molecular flexibility index (Phi) is 16.1. The number of rotatable bonds is 24. The number of amides is 1. The molecular weight excluding hydrogens is 554 g/mol. The molecule has 1 aromatic heterocycles. The van der Waals surface area contributed by atoms with E-state index in [1.807, 2.05) is 6.20 Å². The Labute approximate surface area is 247 Å². The first-order valence-electron chi connectivity index (χ1n) is 14.9. The molecule has 0 radical (unpaired) electrons. The van der Waals surface area contributed by atoms with Gasteiger partial charge < -0.3 is 54.4 Å². The second-order valence-electron chi connectivity index (χ2n) is 10.5. The molecule has 2 aliphatic rings. The number of nitrogens with one attached hydrogen (secondary N) is 1. The molecule has 0 aliphatic carbocycles. The van der Waals surface area contributed by atoms with Crippen molar-refractivity contribution in [2.45, 2.75) is 69.9 Å². The van der Waals surface area contributed by atoms with Crippen molar-refractivity contribution in [2.24, 2.45) is 11.7 Å². The number of fused-ring (bicyclic) bond motifs is 2. The van der Waals surface area contributed by atoms with Gasteiger partial charge in [-0.15, -0.1) is 5.10 Å². The Morgan fingerprint density at radius 2 is 1.76 bits per heavy atom. The highest BCUT2D eigenvalue weighted by Gasteiger charge is 2.57. The summed E-state index contributed by atoms with van der Waals surface area (Å²) in [6.07, 6.45) is 2.61. The normalized spacial score (nSPS) is 25.2. The predicted molar refractivity (Wildman–Crippen MR) is 148 cm³/mol. The van der Waals surface area contributed by atoms with Crippen molar-refractivity contribution in [1.82, 2.24) is 20.3 Å². The van der Waals surface area contributed by atoms with Crippen molar-refractivity contribution >= 4 is 5.91 Å². The van der Waals surface area contributed by atoms with Crippen molar-refractivity contribution in [3.63, 3.8) is 0 Å². The number of ether oxygens (including phenoxy) is 7. The second kappa shape index (κ2) is 19.5. The molecule has 3 heterocycles. The van der Waals surface area contributed by atoms with Gasteiger partial charge in [0.15, 0.2) is 6.29 Å². The monoisotopic (exact) mass is 603 g/mol. The lowest BCUT2D eigenvalue weighted by Gasteiger charge is -2.41. The quantitative estimate of drug-likeness (QED) is 0.105. The molecular formula is C27H49N5O10. The third kappa shape index (κ3) is 11.7. The third-order valence-electron chi connectivity index (χ3n) is 7.11. The van der Waals surface area contributed by atoms with Gasteiger partial charge in [-0.25, -0.2) is 4.68 Å². The van der Waals surface area contributed by atoms with Gasteiger partial charge in [0.25, 0.3) is 0 Å². The van der Waals surface area contributed by atoms with Crippen LogP contribution in [-0.2, 0) is 51.1 Å². The minimum absolute atomic E-state index is 0.0328. The topological polar surface area (TPSA) is 191 Å². The fourth-order valence-corrected chi connectivity index (χ4v) is 4.57. The zero-order chi connectivity index (χ0) is 30.0. The maximum Gasteiger partial charge on any atom is 0.220 e. The van der Waals surface area contributed by atoms with Gasteiger partial charge in [-0.2, -0.15) is 0 Å². The number of carbonyl (C=O) groups is 1. The predicted octanol–water partition coefficient (Wildman–Crippen LogP) is -1.02. The first-order valence-corrected chi connectivity index (χ1v) is 14.9. The molecule has 0 aromatic carbocycles. The molecule has 0 unspecified atom stereocenters. The standard InChI is InChI=1S/C27H49N5O10/c1-21-24(34)25(35)27(20-41-26(21)42-27)19-40-16-15-38-14-13-37-12-11-36-10-8-32-17-22(30-31-32)18-39-9-7-29-23(33)5-3-2-4-6-28/h17,21,24-26,34-35H,2-16,18-20,28H2,1H3,(H,29,33)/t21-,24-,25-,26+,27+/m1/s1. The van der Waals surface area contributed by atoms with E-state index >= 15 is 0 Å². The van der Waals surface area contributed by atoms with Gasteiger partial charge in [0.2, 0.25) is 5.91 Å². The van der Waals surface area contributed by atoms with E-state index in [9.17, 15) is 15.0 Å². The average Bonchev–Trinajstić information content (AvgIpc) is 3.62. The van der Waals surface area contributed by atoms with E-state index in [0.717, 1.165) is 19.3 Å². The van der Waals surface area contributed by atoms with Crippen molar-refractivity contribution in [2.75, 3.05) is 79.2 Å². The first-order chi connectivity index (χ1) is 20.4. The van der Waals surface area contributed by atoms with Gasteiger partial charge in [-0.1, -0.05) is 18.6 Å². The molecule has 5 N–H and O–H groups in total. The summed E-state index contributed by atoms with van der Waals surface area (Å²) < 4.78 is 40.8. The van der Waals surface area contributed by atoms with Crippen LogP contribution in [0.25, 0.3) is 0 Å². The number of carbonyl (C=O) groups excluding carboxylic acids is 1. The summed E-state index contributed by atoms with van der Waals surface area (Å²) in [4.78, 5) is 11.7. The Balaban J connectivity index is 1.07. The van der Waals surface area contributed by atoms with Crippen LogP contribution in [-0.4, -0.2) is 134 Å². The van der Waals surface area contributed by atoms with Gasteiger partial charge in [0, 0.05) is 18.9 Å². The van der Waals surface area contributed by atoms with Crippen molar-refractivity contribution in [3.8, 4) is 0 Å². The summed E-state index contributed by atoms with van der Waals surface area (Å²) in [6.45, 7) is 7.41. The molecule has 5 atom stereocenters. The molecule has 242 valence electrons. The largest absolute Gasteiger partial charge is 0.390 e. The molecule has 3 rings (SSSR count). The molecule has 1 aromatic rings. The van der Waals surface area contributed by atoms with Crippen LogP contribution in [0.4, 0.5) is 0 Å². The number of unbranched alkanes of at least 4 members (excludes halogenated alkanes) is 2. The highest BCUT2D eigenvalue weighted by atomic mass is 16.7. The summed E-state index contributed by atoms with van der Waals surface area (Å²) in [6, 6.07) is 0. The average molecular weight is 604 g/mol. The van der Waals surface area contributed by atoms with Crippen LogP contribution < -0.4 is 11.1 Å². The molecule has 2 fully saturated rings. The number of hydrogen-bond acceptors (Lipinski definition) is 13. The van der Waals surface area contributed by atoms with E-state index < -0.39 is 24.1 Å². The number of aliphatic hydroxyl groups excluding tert-OH is 2. The second-order valence-corrected chi connectivity index (χ2v) is 10.5. The fourth-order valence-electron chi connectivity index (χ4n) is 4.57. The van der Waals surface area contributed by atoms with E-state index in [1.54, 1.807) is 11.6 Å². The Bertz CT molecular complexity index is 880. The lowest BCUT2D eigenvalue weighted by Crippen LogP contribution is -2.60. The molecule has 0 spiro atoms. The molecule has 0 saturated carbocycles. The van der Waals surface area contributed by atoms with Crippen LogP contribution >= 0.6 is 0 Å². The molecule has 2 bridgehead atoms. The van der Waals surface area contributed by atoms with Crippen LogP contribution in [0.3, 0.4) is 0 Å². The number of hydrogen-bond donors (Lipinski definition) is 4. The zero-order valence-corrected chi connectivity index (χ0v) is 24.7. The van der Waals surface area contributed by atoms with Crippen LogP contribution in [0.5, 0.6) is 0 Å². The minimum Gasteiger partial charge on any atom is -0.390 e. The number of aromatic nitrogens is 3. The van der Waals surface area contributed by atoms with Crippen LogP contribution in [0.15, 0.2) is 6.20 Å². The minimum atomic E-state index is -1.06. The lowest BCUT2D eigenvalue weighted by molar-refractivity contribution is -0.248. The van der Waals surface area contributed by atoms with Crippen molar-refractivity contribution < 1.29 is 48.2 Å². The van der Waals surface area contributed by atoms with Crippen LogP contribution in [0, 0.1) is 5.92 Å². The van der Waals surface area contributed by atoms with Crippen LogP contribution in [0.1, 0.15) is 38.3 Å². The van der Waals surface area contributed by atoms with E-state index in [2.05, 4.69) is 15.6 Å². The Hall–Kier alpha value is -1.79. The van der Waals surface area contributed by atoms with Gasteiger partial charge in [-0.05, 0) is 19.4 Å². The Morgan fingerprint density at radius 1 is 1.05 bits per heavy atom. The van der Waals surface area contributed by atoms with Gasteiger partial charge in [0.1, 0.15) is 17.4 Å². The molecule has 1 amide bonds. The highest BCUT2D eigenvalue weighted by molar-refractivity contribution is 5.75. The SMILES string of the molecule is C[C@H]1[C@H]2OC[C@](COCCOCCOCCOCCn3cc(COCCNC(=O)CCCCCN)nn3)(O2)[C@H](O)[C@@H]1O. The summed E-state index contributed by atoms with van der Waals surface area (Å²) >= 11 is 0. The zero-order valence-electron chi connectivity index (χ0n) is 24.7. The third-order valence-corrected chi connectivity index (χ3v) is 7.11. The Morgan fingerprint density at radius 3 is 2.50 bits per heavy atom. The van der Waals surface area contributed by atoms with Crippen molar-refractivity contribution in [1.29, 1.82) is 0 Å². The van der Waals surface area contributed by atoms with Gasteiger partial charge in [-0.3, -0.25) is 4.79 Å². The number of nitrogens with zero attached hydrogens (tertiary/aromatic N) is 3. The summed E-state index contributed by atoms with van der Waals surface area (Å²) in [5.41, 5.74) is 5.13. The number of nitrogens with two attached hydrogens (primary N) is 1. The van der Waals surface area contributed by atoms with Crippen molar-refractivity contribution in [3.05, 3.63) is 11.9 Å².